The van der Waals surface area contributed by atoms with Gasteiger partial charge in [0.15, 0.2) is 0 Å². The number of hydrogen-bond acceptors (Lipinski definition) is 4. The molecule has 0 aliphatic heterocycles. The molecule has 7 heteroatoms. The molecule has 4 aromatic rings. The van der Waals surface area contributed by atoms with E-state index >= 15 is 0 Å². The highest BCUT2D eigenvalue weighted by Crippen LogP contribution is 2.29. The van der Waals surface area contributed by atoms with Crippen molar-refractivity contribution in [3.8, 4) is 16.9 Å². The van der Waals surface area contributed by atoms with Crippen LogP contribution in [0.25, 0.3) is 11.1 Å². The second-order valence-corrected chi connectivity index (χ2v) is 9.73. The van der Waals surface area contributed by atoms with Gasteiger partial charge in [0.1, 0.15) is 5.75 Å². The van der Waals surface area contributed by atoms with Crippen molar-refractivity contribution in [1.82, 2.24) is 10.2 Å². The summed E-state index contributed by atoms with van der Waals surface area (Å²) in [5.41, 5.74) is 5.25. The minimum absolute atomic E-state index is 0.0817. The monoisotopic (exact) mass is 550 g/mol. The Hall–Kier alpha value is -4.91. The van der Waals surface area contributed by atoms with E-state index in [0.29, 0.717) is 41.8 Å². The van der Waals surface area contributed by atoms with E-state index in [1.54, 1.807) is 36.3 Å². The van der Waals surface area contributed by atoms with Crippen LogP contribution >= 0.6 is 0 Å². The largest absolute Gasteiger partial charge is 0.497 e. The van der Waals surface area contributed by atoms with Gasteiger partial charge in [-0.25, -0.2) is 0 Å². The first-order chi connectivity index (χ1) is 19.9. The molecule has 0 fully saturated rings. The zero-order chi connectivity index (χ0) is 29.2. The van der Waals surface area contributed by atoms with Gasteiger partial charge in [0, 0.05) is 30.8 Å². The van der Waals surface area contributed by atoms with E-state index in [1.165, 1.54) is 0 Å². The Morgan fingerprint density at radius 3 is 2.05 bits per heavy atom. The lowest BCUT2D eigenvalue weighted by Gasteiger charge is -2.24. The molecule has 2 amide bonds. The third-order valence-electron chi connectivity index (χ3n) is 7.03. The molecule has 0 aromatic heterocycles. The first-order valence-electron chi connectivity index (χ1n) is 13.5. The summed E-state index contributed by atoms with van der Waals surface area (Å²) in [5, 5.41) is 12.3. The van der Waals surface area contributed by atoms with Crippen molar-refractivity contribution in [2.24, 2.45) is 0 Å². The zero-order valence-corrected chi connectivity index (χ0v) is 23.3. The van der Waals surface area contributed by atoms with Crippen molar-refractivity contribution in [1.29, 1.82) is 0 Å². The van der Waals surface area contributed by atoms with Crippen molar-refractivity contribution in [3.63, 3.8) is 0 Å². The Bertz CT molecular complexity index is 1510. The number of benzene rings is 4. The van der Waals surface area contributed by atoms with Gasteiger partial charge in [0.05, 0.1) is 13.5 Å². The SMILES string of the molecule is COc1ccc(CNC(=O)c2ccccc2-c2ccccc2C(=O)N(CCC(=O)O)CCc2ccccc2C)cc1. The van der Waals surface area contributed by atoms with Crippen molar-refractivity contribution in [3.05, 3.63) is 125 Å². The van der Waals surface area contributed by atoms with Crippen LogP contribution in [0.1, 0.15) is 43.8 Å². The van der Waals surface area contributed by atoms with Gasteiger partial charge in [-0.1, -0.05) is 72.8 Å². The van der Waals surface area contributed by atoms with Gasteiger partial charge < -0.3 is 20.1 Å². The molecule has 0 saturated heterocycles. The second kappa shape index (κ2) is 13.9. The summed E-state index contributed by atoms with van der Waals surface area (Å²) in [4.78, 5) is 40.2. The Morgan fingerprint density at radius 2 is 1.39 bits per heavy atom. The fourth-order valence-electron chi connectivity index (χ4n) is 4.70. The predicted molar refractivity (Wildman–Crippen MR) is 159 cm³/mol. The normalized spacial score (nSPS) is 10.6. The van der Waals surface area contributed by atoms with Crippen molar-refractivity contribution < 1.29 is 24.2 Å². The molecule has 4 aromatic carbocycles. The van der Waals surface area contributed by atoms with Crippen LogP contribution in [0.2, 0.25) is 0 Å². The summed E-state index contributed by atoms with van der Waals surface area (Å²) in [7, 11) is 1.60. The number of carboxylic acids is 1. The number of rotatable bonds is 12. The molecule has 4 rings (SSSR count). The summed E-state index contributed by atoms with van der Waals surface area (Å²) in [6.07, 6.45) is 0.441. The van der Waals surface area contributed by atoms with Crippen molar-refractivity contribution in [2.75, 3.05) is 20.2 Å². The maximum Gasteiger partial charge on any atom is 0.305 e. The van der Waals surface area contributed by atoms with Crippen LogP contribution in [0.15, 0.2) is 97.1 Å². The van der Waals surface area contributed by atoms with E-state index in [-0.39, 0.29) is 24.8 Å². The van der Waals surface area contributed by atoms with Crippen LogP contribution < -0.4 is 10.1 Å². The third kappa shape index (κ3) is 7.60. The molecule has 210 valence electrons. The number of amides is 2. The average molecular weight is 551 g/mol. The molecule has 0 spiro atoms. The van der Waals surface area contributed by atoms with E-state index in [1.807, 2.05) is 79.7 Å². The third-order valence-corrected chi connectivity index (χ3v) is 7.03. The quantitative estimate of drug-likeness (QED) is 0.234. The van der Waals surface area contributed by atoms with Gasteiger partial charge >= 0.3 is 5.97 Å². The van der Waals surface area contributed by atoms with Crippen LogP contribution in [0, 0.1) is 6.92 Å². The Balaban J connectivity index is 1.59. The fraction of sp³-hybridized carbons (Fsp3) is 0.206. The number of ether oxygens (including phenoxy) is 1. The van der Waals surface area contributed by atoms with Gasteiger partial charge in [0.2, 0.25) is 0 Å². The first-order valence-corrected chi connectivity index (χ1v) is 13.5. The van der Waals surface area contributed by atoms with E-state index in [0.717, 1.165) is 22.4 Å². The van der Waals surface area contributed by atoms with Gasteiger partial charge in [-0.05, 0) is 65.4 Å². The van der Waals surface area contributed by atoms with Gasteiger partial charge in [-0.2, -0.15) is 0 Å². The number of carbonyl (C=O) groups excluding carboxylic acids is 2. The summed E-state index contributed by atoms with van der Waals surface area (Å²) < 4.78 is 5.20. The maximum atomic E-state index is 13.9. The number of nitrogens with one attached hydrogen (secondary N) is 1. The number of carbonyl (C=O) groups is 3. The number of aliphatic carboxylic acids is 1. The van der Waals surface area contributed by atoms with E-state index in [2.05, 4.69) is 5.32 Å². The summed E-state index contributed by atoms with van der Waals surface area (Å²) in [5.74, 6) is -0.765. The molecule has 0 radical (unpaired) electrons. The summed E-state index contributed by atoms with van der Waals surface area (Å²) in [6.45, 7) is 2.80. The first kappa shape index (κ1) is 29.1. The van der Waals surface area contributed by atoms with Crippen LogP contribution in [-0.2, 0) is 17.8 Å². The molecule has 0 aliphatic rings. The number of methoxy groups -OCH3 is 1. The van der Waals surface area contributed by atoms with E-state index < -0.39 is 5.97 Å². The minimum Gasteiger partial charge on any atom is -0.497 e. The molecule has 0 heterocycles. The highest BCUT2D eigenvalue weighted by Gasteiger charge is 2.22. The van der Waals surface area contributed by atoms with E-state index in [9.17, 15) is 19.5 Å². The Kier molecular flexibility index (Phi) is 9.89. The van der Waals surface area contributed by atoms with Crippen LogP contribution in [0.4, 0.5) is 0 Å². The maximum absolute atomic E-state index is 13.9. The number of carboxylic acid groups (broad SMARTS) is 1. The molecule has 2 N–H and O–H groups in total. The average Bonchev–Trinajstić information content (AvgIpc) is 3.00. The molecular formula is C34H34N2O5. The zero-order valence-electron chi connectivity index (χ0n) is 23.3. The summed E-state index contributed by atoms with van der Waals surface area (Å²) >= 11 is 0. The van der Waals surface area contributed by atoms with E-state index in [4.69, 9.17) is 4.74 Å². The molecule has 0 bridgehead atoms. The fourth-order valence-corrected chi connectivity index (χ4v) is 4.70. The van der Waals surface area contributed by atoms with Crippen LogP contribution in [0.5, 0.6) is 5.75 Å². The standard InChI is InChI=1S/C34H34N2O5/c1-24-9-3-4-10-26(24)19-21-36(22-20-32(37)38)34(40)31-14-8-6-12-29(31)28-11-5-7-13-30(28)33(39)35-23-25-15-17-27(41-2)18-16-25/h3-18H,19-23H2,1-2H3,(H,35,39)(H,37,38). The smallest absolute Gasteiger partial charge is 0.305 e. The highest BCUT2D eigenvalue weighted by molar-refractivity contribution is 6.06. The molecule has 0 aliphatic carbocycles. The molecule has 0 atom stereocenters. The van der Waals surface area contributed by atoms with Crippen LogP contribution in [-0.4, -0.2) is 48.0 Å². The van der Waals surface area contributed by atoms with Gasteiger partial charge in [-0.3, -0.25) is 14.4 Å². The lowest BCUT2D eigenvalue weighted by molar-refractivity contribution is -0.137. The Labute approximate surface area is 240 Å². The lowest BCUT2D eigenvalue weighted by Crippen LogP contribution is -2.35. The van der Waals surface area contributed by atoms with Crippen molar-refractivity contribution >= 4 is 17.8 Å². The molecule has 0 saturated carbocycles. The van der Waals surface area contributed by atoms with Crippen molar-refractivity contribution in [2.45, 2.75) is 26.3 Å². The molecule has 0 unspecified atom stereocenters. The van der Waals surface area contributed by atoms with Gasteiger partial charge in [-0.15, -0.1) is 0 Å². The minimum atomic E-state index is -0.967. The van der Waals surface area contributed by atoms with Crippen LogP contribution in [0.3, 0.4) is 0 Å². The molecular weight excluding hydrogens is 516 g/mol. The molecule has 41 heavy (non-hydrogen) atoms. The predicted octanol–water partition coefficient (Wildman–Crippen LogP) is 5.76. The molecule has 7 nitrogen and oxygen atoms in total. The number of nitrogens with zero attached hydrogens (tertiary/aromatic N) is 1. The Morgan fingerprint density at radius 1 is 0.780 bits per heavy atom. The van der Waals surface area contributed by atoms with Gasteiger partial charge in [0.25, 0.3) is 11.8 Å². The number of hydrogen-bond donors (Lipinski definition) is 2. The lowest BCUT2D eigenvalue weighted by atomic mass is 9.94. The topological polar surface area (TPSA) is 95.9 Å². The number of aryl methyl sites for hydroxylation is 1. The summed E-state index contributed by atoms with van der Waals surface area (Å²) in [6, 6.07) is 29.7. The second-order valence-electron chi connectivity index (χ2n) is 9.73. The highest BCUT2D eigenvalue weighted by atomic mass is 16.5.